The summed E-state index contributed by atoms with van der Waals surface area (Å²) in [6.45, 7) is 8.27. The van der Waals surface area contributed by atoms with E-state index in [-0.39, 0.29) is 18.0 Å². The molecule has 0 saturated carbocycles. The van der Waals surface area contributed by atoms with Gasteiger partial charge in [-0.15, -0.1) is 0 Å². The van der Waals surface area contributed by atoms with Crippen molar-refractivity contribution in [2.45, 2.75) is 45.7 Å². The zero-order valence-electron chi connectivity index (χ0n) is 14.3. The molecule has 0 aliphatic heterocycles. The van der Waals surface area contributed by atoms with E-state index >= 15 is 0 Å². The van der Waals surface area contributed by atoms with Gasteiger partial charge in [0.05, 0.1) is 6.04 Å². The summed E-state index contributed by atoms with van der Waals surface area (Å²) < 4.78 is 0. The minimum Gasteiger partial charge on any atom is -0.325 e. The normalized spacial score (nSPS) is 13.6. The Balaban J connectivity index is 1.92. The van der Waals surface area contributed by atoms with Crippen LogP contribution < -0.4 is 10.6 Å². The maximum Gasteiger partial charge on any atom is 0.241 e. The largest absolute Gasteiger partial charge is 0.325 e. The van der Waals surface area contributed by atoms with Crippen LogP contribution in [-0.2, 0) is 4.79 Å². The highest BCUT2D eigenvalue weighted by molar-refractivity contribution is 5.94. The van der Waals surface area contributed by atoms with Gasteiger partial charge in [-0.1, -0.05) is 56.3 Å². The topological polar surface area (TPSA) is 41.1 Å². The van der Waals surface area contributed by atoms with Crippen molar-refractivity contribution in [1.29, 1.82) is 0 Å². The molecule has 0 radical (unpaired) electrons. The third-order valence-corrected chi connectivity index (χ3v) is 4.04. The van der Waals surface area contributed by atoms with Crippen LogP contribution in [0.1, 0.15) is 50.8 Å². The molecule has 122 valence electrons. The quantitative estimate of drug-likeness (QED) is 0.825. The number of carbonyl (C=O) groups excluding carboxylic acids is 1. The molecule has 0 aliphatic carbocycles. The number of nitrogens with one attached hydrogen (secondary N) is 2. The molecule has 0 fully saturated rings. The van der Waals surface area contributed by atoms with Crippen LogP contribution in [0.3, 0.4) is 0 Å². The van der Waals surface area contributed by atoms with Crippen molar-refractivity contribution < 1.29 is 4.79 Å². The zero-order valence-corrected chi connectivity index (χ0v) is 14.3. The second-order valence-electron chi connectivity index (χ2n) is 6.29. The van der Waals surface area contributed by atoms with Crippen LogP contribution in [0.2, 0.25) is 0 Å². The van der Waals surface area contributed by atoms with Gasteiger partial charge in [0, 0.05) is 11.7 Å². The lowest BCUT2D eigenvalue weighted by Gasteiger charge is -2.20. The number of anilines is 1. The van der Waals surface area contributed by atoms with E-state index in [2.05, 4.69) is 55.7 Å². The van der Waals surface area contributed by atoms with Crippen molar-refractivity contribution in [3.63, 3.8) is 0 Å². The highest BCUT2D eigenvalue weighted by Crippen LogP contribution is 2.17. The van der Waals surface area contributed by atoms with E-state index in [4.69, 9.17) is 0 Å². The van der Waals surface area contributed by atoms with E-state index in [9.17, 15) is 4.79 Å². The minimum atomic E-state index is -0.269. The molecule has 3 heteroatoms. The van der Waals surface area contributed by atoms with E-state index in [1.165, 1.54) is 11.1 Å². The van der Waals surface area contributed by atoms with Crippen LogP contribution in [0.5, 0.6) is 0 Å². The fourth-order valence-corrected chi connectivity index (χ4v) is 2.49. The Bertz CT molecular complexity index is 620. The summed E-state index contributed by atoms with van der Waals surface area (Å²) in [5.41, 5.74) is 3.28. The van der Waals surface area contributed by atoms with Crippen LogP contribution in [0.25, 0.3) is 0 Å². The molecule has 0 heterocycles. The summed E-state index contributed by atoms with van der Waals surface area (Å²) in [7, 11) is 0. The van der Waals surface area contributed by atoms with E-state index in [1.807, 2.05) is 37.3 Å². The van der Waals surface area contributed by atoms with Gasteiger partial charge in [-0.3, -0.25) is 10.1 Å². The smallest absolute Gasteiger partial charge is 0.241 e. The molecule has 0 unspecified atom stereocenters. The molecule has 2 N–H and O–H groups in total. The molecule has 23 heavy (non-hydrogen) atoms. The molecule has 2 atom stereocenters. The third kappa shape index (κ3) is 4.93. The predicted molar refractivity (Wildman–Crippen MR) is 96.6 cm³/mol. The second kappa shape index (κ2) is 7.93. The molecule has 2 aromatic carbocycles. The van der Waals surface area contributed by atoms with Gasteiger partial charge in [0.1, 0.15) is 0 Å². The van der Waals surface area contributed by atoms with Crippen LogP contribution in [0.4, 0.5) is 5.69 Å². The fraction of sp³-hybridized carbons (Fsp3) is 0.350. The van der Waals surface area contributed by atoms with Crippen molar-refractivity contribution >= 4 is 11.6 Å². The van der Waals surface area contributed by atoms with Gasteiger partial charge < -0.3 is 5.32 Å². The molecule has 0 spiro atoms. The number of benzene rings is 2. The Kier molecular flexibility index (Phi) is 5.94. The molecule has 0 aliphatic rings. The first-order valence-electron chi connectivity index (χ1n) is 8.19. The average molecular weight is 310 g/mol. The monoisotopic (exact) mass is 310 g/mol. The number of hydrogen-bond acceptors (Lipinski definition) is 2. The minimum absolute atomic E-state index is 0.0231. The molecule has 0 aromatic heterocycles. The maximum atomic E-state index is 12.3. The van der Waals surface area contributed by atoms with Crippen LogP contribution >= 0.6 is 0 Å². The molecule has 2 aromatic rings. The van der Waals surface area contributed by atoms with Crippen molar-refractivity contribution in [3.8, 4) is 0 Å². The van der Waals surface area contributed by atoms with Crippen LogP contribution in [0.15, 0.2) is 54.6 Å². The van der Waals surface area contributed by atoms with Crippen molar-refractivity contribution in [2.24, 2.45) is 0 Å². The standard InChI is InChI=1S/C20H26N2O/c1-14(2)17-10-12-19(13-11-17)22-20(23)16(4)21-15(3)18-8-6-5-7-9-18/h5-16,21H,1-4H3,(H,22,23)/t15-,16-/m1/s1. The van der Waals surface area contributed by atoms with Gasteiger partial charge >= 0.3 is 0 Å². The molecule has 3 nitrogen and oxygen atoms in total. The fourth-order valence-electron chi connectivity index (χ4n) is 2.49. The average Bonchev–Trinajstić information content (AvgIpc) is 2.56. The number of rotatable bonds is 6. The zero-order chi connectivity index (χ0) is 16.8. The molecule has 2 rings (SSSR count). The lowest BCUT2D eigenvalue weighted by atomic mass is 10.0. The molecule has 0 bridgehead atoms. The highest BCUT2D eigenvalue weighted by Gasteiger charge is 2.16. The molecular weight excluding hydrogens is 284 g/mol. The lowest BCUT2D eigenvalue weighted by Crippen LogP contribution is -2.39. The second-order valence-corrected chi connectivity index (χ2v) is 6.29. The summed E-state index contributed by atoms with van der Waals surface area (Å²) in [6.07, 6.45) is 0. The van der Waals surface area contributed by atoms with Crippen molar-refractivity contribution in [2.75, 3.05) is 5.32 Å². The van der Waals surface area contributed by atoms with Gasteiger partial charge in [-0.25, -0.2) is 0 Å². The van der Waals surface area contributed by atoms with Gasteiger partial charge in [-0.2, -0.15) is 0 Å². The summed E-state index contributed by atoms with van der Waals surface area (Å²) in [4.78, 5) is 12.3. The van der Waals surface area contributed by atoms with Crippen molar-refractivity contribution in [3.05, 3.63) is 65.7 Å². The number of carbonyl (C=O) groups is 1. The van der Waals surface area contributed by atoms with E-state index < -0.39 is 0 Å². The molecule has 1 amide bonds. The summed E-state index contributed by atoms with van der Waals surface area (Å²) in [5, 5.41) is 6.30. The van der Waals surface area contributed by atoms with Gasteiger partial charge in [0.2, 0.25) is 5.91 Å². The first-order valence-corrected chi connectivity index (χ1v) is 8.19. The van der Waals surface area contributed by atoms with E-state index in [0.29, 0.717) is 5.92 Å². The van der Waals surface area contributed by atoms with E-state index in [0.717, 1.165) is 5.69 Å². The maximum absolute atomic E-state index is 12.3. The molecular formula is C20H26N2O. The SMILES string of the molecule is CC(C)c1ccc(NC(=O)[C@@H](C)N[C@H](C)c2ccccc2)cc1. The van der Waals surface area contributed by atoms with Gasteiger partial charge in [0.25, 0.3) is 0 Å². The lowest BCUT2D eigenvalue weighted by molar-refractivity contribution is -0.117. The van der Waals surface area contributed by atoms with Gasteiger partial charge in [0.15, 0.2) is 0 Å². The Labute approximate surface area is 139 Å². The Hall–Kier alpha value is -2.13. The summed E-state index contributed by atoms with van der Waals surface area (Å²) in [6, 6.07) is 18.0. The van der Waals surface area contributed by atoms with E-state index in [1.54, 1.807) is 0 Å². The summed E-state index contributed by atoms with van der Waals surface area (Å²) in [5.74, 6) is 0.470. The number of hydrogen-bond donors (Lipinski definition) is 2. The first-order chi connectivity index (χ1) is 11.0. The Morgan fingerprint density at radius 1 is 0.826 bits per heavy atom. The third-order valence-electron chi connectivity index (χ3n) is 4.04. The summed E-state index contributed by atoms with van der Waals surface area (Å²) >= 11 is 0. The van der Waals surface area contributed by atoms with Gasteiger partial charge in [-0.05, 0) is 43.0 Å². The molecule has 0 saturated heterocycles. The Morgan fingerprint density at radius 3 is 2.00 bits per heavy atom. The Morgan fingerprint density at radius 2 is 1.43 bits per heavy atom. The highest BCUT2D eigenvalue weighted by atomic mass is 16.2. The van der Waals surface area contributed by atoms with Crippen LogP contribution in [0, 0.1) is 0 Å². The predicted octanol–water partition coefficient (Wildman–Crippen LogP) is 4.49. The van der Waals surface area contributed by atoms with Crippen molar-refractivity contribution in [1.82, 2.24) is 5.32 Å². The van der Waals surface area contributed by atoms with Crippen LogP contribution in [-0.4, -0.2) is 11.9 Å². The number of amides is 1. The first kappa shape index (κ1) is 17.2.